The van der Waals surface area contributed by atoms with E-state index in [0.29, 0.717) is 5.92 Å². The highest BCUT2D eigenvalue weighted by Gasteiger charge is 2.49. The first-order chi connectivity index (χ1) is 12.6. The van der Waals surface area contributed by atoms with Crippen LogP contribution in [0.1, 0.15) is 31.2 Å². The van der Waals surface area contributed by atoms with Gasteiger partial charge < -0.3 is 19.4 Å². The molecule has 3 aliphatic heterocycles. The van der Waals surface area contributed by atoms with Gasteiger partial charge in [0.05, 0.1) is 19.7 Å². The zero-order valence-electron chi connectivity index (χ0n) is 15.8. The molecule has 6 nitrogen and oxygen atoms in total. The summed E-state index contributed by atoms with van der Waals surface area (Å²) >= 11 is 0. The Morgan fingerprint density at radius 3 is 2.81 bits per heavy atom. The number of hydrogen-bond acceptors (Lipinski definition) is 4. The minimum atomic E-state index is -0.0617. The molecule has 26 heavy (non-hydrogen) atoms. The molecule has 4 heterocycles. The summed E-state index contributed by atoms with van der Waals surface area (Å²) in [4.78, 5) is 22.9. The van der Waals surface area contributed by atoms with Gasteiger partial charge in [-0.3, -0.25) is 4.98 Å². The van der Waals surface area contributed by atoms with Crippen LogP contribution >= 0.6 is 0 Å². The Bertz CT molecular complexity index is 601. The smallest absolute Gasteiger partial charge is 0.320 e. The second-order valence-electron chi connectivity index (χ2n) is 8.29. The maximum Gasteiger partial charge on any atom is 0.320 e. The fraction of sp³-hybridized carbons (Fsp3) is 0.700. The van der Waals surface area contributed by atoms with Crippen molar-refractivity contribution in [2.75, 3.05) is 46.4 Å². The highest BCUT2D eigenvalue weighted by Crippen LogP contribution is 2.37. The Morgan fingerprint density at radius 2 is 2.15 bits per heavy atom. The van der Waals surface area contributed by atoms with Gasteiger partial charge in [0, 0.05) is 38.6 Å². The summed E-state index contributed by atoms with van der Waals surface area (Å²) in [7, 11) is 2.16. The third kappa shape index (κ3) is 3.86. The van der Waals surface area contributed by atoms with Crippen molar-refractivity contribution in [3.63, 3.8) is 0 Å². The Hall–Kier alpha value is -1.66. The van der Waals surface area contributed by atoms with Crippen molar-refractivity contribution >= 4 is 6.03 Å². The molecular weight excluding hydrogens is 328 g/mol. The number of nitrogens with zero attached hydrogens (tertiary/aromatic N) is 4. The molecule has 4 rings (SSSR count). The number of aromatic nitrogens is 1. The SMILES string of the molecule is CN(Cc1cccnc1)CC1CCC2(CN(C(=O)N3CCCC3)C2)OC1. The van der Waals surface area contributed by atoms with Crippen molar-refractivity contribution in [1.82, 2.24) is 19.7 Å². The highest BCUT2D eigenvalue weighted by molar-refractivity contribution is 5.76. The van der Waals surface area contributed by atoms with Gasteiger partial charge in [-0.25, -0.2) is 4.79 Å². The summed E-state index contributed by atoms with van der Waals surface area (Å²) in [6.45, 7) is 6.18. The topological polar surface area (TPSA) is 48.9 Å². The van der Waals surface area contributed by atoms with Gasteiger partial charge in [-0.1, -0.05) is 6.07 Å². The predicted molar refractivity (Wildman–Crippen MR) is 99.8 cm³/mol. The van der Waals surface area contributed by atoms with E-state index in [1.54, 1.807) is 0 Å². The minimum Gasteiger partial charge on any atom is -0.371 e. The fourth-order valence-corrected chi connectivity index (χ4v) is 4.51. The van der Waals surface area contributed by atoms with Gasteiger partial charge in [-0.15, -0.1) is 0 Å². The quantitative estimate of drug-likeness (QED) is 0.828. The lowest BCUT2D eigenvalue weighted by Crippen LogP contribution is -2.68. The van der Waals surface area contributed by atoms with E-state index in [-0.39, 0.29) is 11.6 Å². The molecule has 2 amide bonds. The molecule has 0 N–H and O–H groups in total. The average molecular weight is 358 g/mol. The fourth-order valence-electron chi connectivity index (χ4n) is 4.51. The molecule has 3 saturated heterocycles. The number of pyridine rings is 1. The molecule has 1 atom stereocenters. The van der Waals surface area contributed by atoms with Gasteiger partial charge in [0.25, 0.3) is 0 Å². The van der Waals surface area contributed by atoms with Gasteiger partial charge in [-0.2, -0.15) is 0 Å². The molecule has 0 bridgehead atoms. The Labute approximate surface area is 156 Å². The van der Waals surface area contributed by atoms with Crippen LogP contribution in [0.15, 0.2) is 24.5 Å². The molecule has 0 aliphatic carbocycles. The maximum atomic E-state index is 12.4. The summed E-state index contributed by atoms with van der Waals surface area (Å²) in [5.41, 5.74) is 1.19. The molecule has 1 aromatic heterocycles. The van der Waals surface area contributed by atoms with Crippen LogP contribution in [0.4, 0.5) is 4.79 Å². The number of likely N-dealkylation sites (tertiary alicyclic amines) is 2. The molecule has 0 saturated carbocycles. The number of rotatable bonds is 4. The number of urea groups is 1. The summed E-state index contributed by atoms with van der Waals surface area (Å²) in [5.74, 6) is 0.575. The molecule has 0 aromatic carbocycles. The molecule has 3 fully saturated rings. The second kappa shape index (κ2) is 7.53. The number of carbonyl (C=O) groups excluding carboxylic acids is 1. The van der Waals surface area contributed by atoms with Crippen molar-refractivity contribution in [2.45, 2.75) is 37.8 Å². The van der Waals surface area contributed by atoms with Crippen LogP contribution in [-0.4, -0.2) is 77.7 Å². The molecule has 6 heteroatoms. The molecule has 1 unspecified atom stereocenters. The van der Waals surface area contributed by atoms with Gasteiger partial charge >= 0.3 is 6.03 Å². The predicted octanol–water partition coefficient (Wildman–Crippen LogP) is 2.21. The van der Waals surface area contributed by atoms with Crippen LogP contribution in [-0.2, 0) is 11.3 Å². The molecule has 1 spiro atoms. The van der Waals surface area contributed by atoms with Gasteiger partial charge in [0.15, 0.2) is 0 Å². The largest absolute Gasteiger partial charge is 0.371 e. The number of hydrogen-bond donors (Lipinski definition) is 0. The first-order valence-electron chi connectivity index (χ1n) is 9.89. The molecule has 142 valence electrons. The summed E-state index contributed by atoms with van der Waals surface area (Å²) in [6, 6.07) is 4.33. The number of carbonyl (C=O) groups is 1. The van der Waals surface area contributed by atoms with Crippen molar-refractivity contribution in [3.8, 4) is 0 Å². The van der Waals surface area contributed by atoms with Crippen molar-refractivity contribution in [1.29, 1.82) is 0 Å². The van der Waals surface area contributed by atoms with Gasteiger partial charge in [0.1, 0.15) is 5.60 Å². The number of ether oxygens (including phenoxy) is 1. The summed E-state index contributed by atoms with van der Waals surface area (Å²) < 4.78 is 6.26. The van der Waals surface area contributed by atoms with Crippen LogP contribution in [0.25, 0.3) is 0 Å². The Balaban J connectivity index is 1.19. The van der Waals surface area contributed by atoms with E-state index in [0.717, 1.165) is 65.1 Å². The van der Waals surface area contributed by atoms with Crippen LogP contribution in [0.5, 0.6) is 0 Å². The van der Waals surface area contributed by atoms with Crippen LogP contribution in [0, 0.1) is 5.92 Å². The van der Waals surface area contributed by atoms with Crippen molar-refractivity contribution < 1.29 is 9.53 Å². The lowest BCUT2D eigenvalue weighted by atomic mass is 9.83. The molecule has 1 aromatic rings. The van der Waals surface area contributed by atoms with E-state index in [1.807, 2.05) is 28.3 Å². The zero-order valence-corrected chi connectivity index (χ0v) is 15.8. The third-order valence-corrected chi connectivity index (χ3v) is 5.98. The Morgan fingerprint density at radius 1 is 1.35 bits per heavy atom. The monoisotopic (exact) mass is 358 g/mol. The normalized spacial score (nSPS) is 24.9. The average Bonchev–Trinajstić information content (AvgIpc) is 3.15. The Kier molecular flexibility index (Phi) is 5.14. The van der Waals surface area contributed by atoms with Crippen LogP contribution in [0.3, 0.4) is 0 Å². The van der Waals surface area contributed by atoms with E-state index in [9.17, 15) is 4.79 Å². The lowest BCUT2D eigenvalue weighted by molar-refractivity contribution is -0.169. The number of amides is 2. The summed E-state index contributed by atoms with van der Waals surface area (Å²) in [5, 5.41) is 0. The van der Waals surface area contributed by atoms with Crippen LogP contribution < -0.4 is 0 Å². The van der Waals surface area contributed by atoms with Gasteiger partial charge in [0.2, 0.25) is 0 Å². The second-order valence-corrected chi connectivity index (χ2v) is 8.29. The van der Waals surface area contributed by atoms with Gasteiger partial charge in [-0.05, 0) is 50.3 Å². The summed E-state index contributed by atoms with van der Waals surface area (Å²) in [6.07, 6.45) is 8.30. The van der Waals surface area contributed by atoms with Crippen molar-refractivity contribution in [3.05, 3.63) is 30.1 Å². The van der Waals surface area contributed by atoms with E-state index >= 15 is 0 Å². The van der Waals surface area contributed by atoms with E-state index in [2.05, 4.69) is 23.0 Å². The maximum absolute atomic E-state index is 12.4. The van der Waals surface area contributed by atoms with Crippen LogP contribution in [0.2, 0.25) is 0 Å². The molecule has 3 aliphatic rings. The minimum absolute atomic E-state index is 0.0617. The first-order valence-corrected chi connectivity index (χ1v) is 9.89. The van der Waals surface area contributed by atoms with E-state index < -0.39 is 0 Å². The molecular formula is C20H30N4O2. The first kappa shape index (κ1) is 17.7. The lowest BCUT2D eigenvalue weighted by Gasteiger charge is -2.53. The van der Waals surface area contributed by atoms with E-state index in [4.69, 9.17) is 4.74 Å². The molecule has 0 radical (unpaired) electrons. The van der Waals surface area contributed by atoms with Crippen molar-refractivity contribution in [2.24, 2.45) is 5.92 Å². The van der Waals surface area contributed by atoms with E-state index in [1.165, 1.54) is 12.0 Å². The standard InChI is InChI=1S/C20H30N4O2/c1-22(12-17-5-4-8-21-11-17)13-18-6-7-20(26-14-18)15-24(16-20)19(25)23-9-2-3-10-23/h4-5,8,11,18H,2-3,6-7,9-10,12-16H2,1H3. The zero-order chi connectivity index (χ0) is 18.0. The highest BCUT2D eigenvalue weighted by atomic mass is 16.5. The third-order valence-electron chi connectivity index (χ3n) is 5.98.